The first-order valence-electron chi connectivity index (χ1n) is 8.60. The van der Waals surface area contributed by atoms with E-state index in [4.69, 9.17) is 5.73 Å². The highest BCUT2D eigenvalue weighted by molar-refractivity contribution is 5.77. The van der Waals surface area contributed by atoms with E-state index >= 15 is 0 Å². The molecule has 4 rings (SSSR count). The molecule has 0 spiro atoms. The molecule has 26 heavy (non-hydrogen) atoms. The van der Waals surface area contributed by atoms with Crippen LogP contribution in [-0.2, 0) is 11.2 Å². The number of hydrogen-bond donors (Lipinski definition) is 2. The number of carbonyl (C=O) groups is 1. The zero-order valence-corrected chi connectivity index (χ0v) is 14.1. The number of halogens is 1. The van der Waals surface area contributed by atoms with Crippen LogP contribution in [0.1, 0.15) is 30.1 Å². The van der Waals surface area contributed by atoms with Crippen LogP contribution in [0.4, 0.5) is 10.2 Å². The van der Waals surface area contributed by atoms with Crippen molar-refractivity contribution >= 4 is 17.4 Å². The fourth-order valence-electron chi connectivity index (χ4n) is 2.90. The van der Waals surface area contributed by atoms with Gasteiger partial charge >= 0.3 is 0 Å². The summed E-state index contributed by atoms with van der Waals surface area (Å²) in [6.07, 6.45) is 2.66. The molecule has 1 aliphatic carbocycles. The van der Waals surface area contributed by atoms with E-state index in [0.29, 0.717) is 30.3 Å². The van der Waals surface area contributed by atoms with Gasteiger partial charge in [-0.15, -0.1) is 15.3 Å². The average Bonchev–Trinajstić information content (AvgIpc) is 3.39. The highest BCUT2D eigenvalue weighted by atomic mass is 19.1. The van der Waals surface area contributed by atoms with Crippen molar-refractivity contribution in [3.05, 3.63) is 53.6 Å². The van der Waals surface area contributed by atoms with Crippen molar-refractivity contribution in [1.82, 2.24) is 19.8 Å². The number of nitrogens with two attached hydrogens (primary N) is 1. The van der Waals surface area contributed by atoms with Gasteiger partial charge < -0.3 is 11.1 Å². The van der Waals surface area contributed by atoms with Crippen LogP contribution in [0, 0.1) is 11.7 Å². The molecule has 1 aliphatic rings. The molecule has 1 amide bonds. The van der Waals surface area contributed by atoms with Gasteiger partial charge in [0.1, 0.15) is 11.6 Å². The van der Waals surface area contributed by atoms with Gasteiger partial charge in [0, 0.05) is 12.5 Å². The molecule has 7 nitrogen and oxygen atoms in total. The minimum Gasteiger partial charge on any atom is -0.369 e. The molecule has 0 radical (unpaired) electrons. The molecule has 1 unspecified atom stereocenters. The number of nitrogens with one attached hydrogen (secondary N) is 1. The van der Waals surface area contributed by atoms with Crippen LogP contribution in [0.25, 0.3) is 5.65 Å². The van der Waals surface area contributed by atoms with Crippen molar-refractivity contribution in [2.75, 3.05) is 11.9 Å². The van der Waals surface area contributed by atoms with E-state index in [0.717, 1.165) is 24.2 Å². The summed E-state index contributed by atoms with van der Waals surface area (Å²) < 4.78 is 14.8. The quantitative estimate of drug-likeness (QED) is 0.675. The zero-order valence-electron chi connectivity index (χ0n) is 14.1. The standard InChI is InChI=1S/C18H19FN6O/c19-14-5-1-11(2-6-14)9-13(17(20)26)10-21-15-7-8-16-22-23-18(12-3-4-12)25(16)24-15/h1-2,5-8,12-13H,3-4,9-10H2,(H2,20,26)(H,21,24). The average molecular weight is 354 g/mol. The molecule has 1 fully saturated rings. The number of hydrogen-bond acceptors (Lipinski definition) is 5. The molecular formula is C18H19FN6O. The SMILES string of the molecule is NC(=O)C(CNc1ccc2nnc(C3CC3)n2n1)Cc1ccc(F)cc1. The summed E-state index contributed by atoms with van der Waals surface area (Å²) in [6, 6.07) is 9.72. The topological polar surface area (TPSA) is 98.2 Å². The predicted molar refractivity (Wildman–Crippen MR) is 94.0 cm³/mol. The van der Waals surface area contributed by atoms with Gasteiger partial charge in [-0.25, -0.2) is 4.39 Å². The molecular weight excluding hydrogens is 335 g/mol. The van der Waals surface area contributed by atoms with Gasteiger partial charge in [0.25, 0.3) is 0 Å². The number of carbonyl (C=O) groups excluding carboxylic acids is 1. The van der Waals surface area contributed by atoms with Crippen LogP contribution in [-0.4, -0.2) is 32.3 Å². The van der Waals surface area contributed by atoms with E-state index < -0.39 is 11.8 Å². The maximum absolute atomic E-state index is 13.0. The molecule has 0 bridgehead atoms. The van der Waals surface area contributed by atoms with Crippen LogP contribution in [0.3, 0.4) is 0 Å². The third kappa shape index (κ3) is 3.49. The molecule has 0 saturated heterocycles. The second kappa shape index (κ2) is 6.70. The Morgan fingerprint density at radius 1 is 1.23 bits per heavy atom. The lowest BCUT2D eigenvalue weighted by molar-refractivity contribution is -0.121. The van der Waals surface area contributed by atoms with Gasteiger partial charge in [0.15, 0.2) is 11.5 Å². The second-order valence-corrected chi connectivity index (χ2v) is 6.63. The van der Waals surface area contributed by atoms with Crippen molar-refractivity contribution in [1.29, 1.82) is 0 Å². The first kappa shape index (κ1) is 16.4. The first-order chi connectivity index (χ1) is 12.6. The highest BCUT2D eigenvalue weighted by Gasteiger charge is 2.29. The van der Waals surface area contributed by atoms with Crippen LogP contribution < -0.4 is 11.1 Å². The van der Waals surface area contributed by atoms with Gasteiger partial charge in [0.05, 0.1) is 5.92 Å². The lowest BCUT2D eigenvalue weighted by Gasteiger charge is -2.15. The minimum atomic E-state index is -0.429. The maximum Gasteiger partial charge on any atom is 0.222 e. The fourth-order valence-corrected chi connectivity index (χ4v) is 2.90. The van der Waals surface area contributed by atoms with E-state index in [1.54, 1.807) is 22.7 Å². The number of nitrogens with zero attached hydrogens (tertiary/aromatic N) is 4. The molecule has 3 aromatic rings. The van der Waals surface area contributed by atoms with Gasteiger partial charge in [-0.3, -0.25) is 4.79 Å². The van der Waals surface area contributed by atoms with Crippen molar-refractivity contribution in [2.24, 2.45) is 11.7 Å². The van der Waals surface area contributed by atoms with Gasteiger partial charge in [-0.2, -0.15) is 4.52 Å². The normalized spacial score (nSPS) is 15.1. The van der Waals surface area contributed by atoms with Crippen LogP contribution in [0.15, 0.2) is 36.4 Å². The molecule has 1 aromatic carbocycles. The molecule has 3 N–H and O–H groups in total. The summed E-state index contributed by atoms with van der Waals surface area (Å²) in [7, 11) is 0. The number of benzene rings is 1. The molecule has 1 atom stereocenters. The van der Waals surface area contributed by atoms with Crippen molar-refractivity contribution in [2.45, 2.75) is 25.2 Å². The summed E-state index contributed by atoms with van der Waals surface area (Å²) >= 11 is 0. The third-order valence-electron chi connectivity index (χ3n) is 4.56. The van der Waals surface area contributed by atoms with Crippen molar-refractivity contribution in [3.63, 3.8) is 0 Å². The fraction of sp³-hybridized carbons (Fsp3) is 0.333. The maximum atomic E-state index is 13.0. The van der Waals surface area contributed by atoms with Gasteiger partial charge in [0.2, 0.25) is 5.91 Å². The second-order valence-electron chi connectivity index (χ2n) is 6.63. The minimum absolute atomic E-state index is 0.305. The Labute approximate surface area is 149 Å². The molecule has 8 heteroatoms. The Hall–Kier alpha value is -3.03. The summed E-state index contributed by atoms with van der Waals surface area (Å²) in [5, 5.41) is 16.0. The molecule has 2 heterocycles. The Kier molecular flexibility index (Phi) is 4.24. The van der Waals surface area contributed by atoms with E-state index in [1.807, 2.05) is 6.07 Å². The number of anilines is 1. The smallest absolute Gasteiger partial charge is 0.222 e. The first-order valence-corrected chi connectivity index (χ1v) is 8.60. The molecule has 134 valence electrons. The third-order valence-corrected chi connectivity index (χ3v) is 4.56. The Bertz CT molecular complexity index is 935. The van der Waals surface area contributed by atoms with E-state index in [-0.39, 0.29) is 5.82 Å². The van der Waals surface area contributed by atoms with Crippen LogP contribution in [0.2, 0.25) is 0 Å². The summed E-state index contributed by atoms with van der Waals surface area (Å²) in [5.41, 5.74) is 7.09. The molecule has 2 aromatic heterocycles. The largest absolute Gasteiger partial charge is 0.369 e. The number of aromatic nitrogens is 4. The monoisotopic (exact) mass is 354 g/mol. The van der Waals surface area contributed by atoms with Crippen molar-refractivity contribution in [3.8, 4) is 0 Å². The van der Waals surface area contributed by atoms with Crippen LogP contribution in [0.5, 0.6) is 0 Å². The van der Waals surface area contributed by atoms with Gasteiger partial charge in [-0.1, -0.05) is 12.1 Å². The van der Waals surface area contributed by atoms with E-state index in [9.17, 15) is 9.18 Å². The zero-order chi connectivity index (χ0) is 18.1. The lowest BCUT2D eigenvalue weighted by atomic mass is 9.98. The number of rotatable bonds is 7. The Morgan fingerprint density at radius 2 is 2.00 bits per heavy atom. The number of amides is 1. The Balaban J connectivity index is 1.46. The highest BCUT2D eigenvalue weighted by Crippen LogP contribution is 2.38. The van der Waals surface area contributed by atoms with E-state index in [1.165, 1.54) is 12.1 Å². The van der Waals surface area contributed by atoms with Crippen molar-refractivity contribution < 1.29 is 9.18 Å². The summed E-state index contributed by atoms with van der Waals surface area (Å²) in [4.78, 5) is 11.8. The van der Waals surface area contributed by atoms with Crippen LogP contribution >= 0.6 is 0 Å². The Morgan fingerprint density at radius 3 is 2.69 bits per heavy atom. The molecule has 1 saturated carbocycles. The molecule has 0 aliphatic heterocycles. The van der Waals surface area contributed by atoms with E-state index in [2.05, 4.69) is 20.6 Å². The number of fused-ring (bicyclic) bond motifs is 1. The van der Waals surface area contributed by atoms with Gasteiger partial charge in [-0.05, 0) is 49.1 Å². The number of primary amides is 1. The summed E-state index contributed by atoms with van der Waals surface area (Å²) in [5.74, 6) is 0.795. The summed E-state index contributed by atoms with van der Waals surface area (Å²) in [6.45, 7) is 0.339. The lowest BCUT2D eigenvalue weighted by Crippen LogP contribution is -2.31. The predicted octanol–water partition coefficient (Wildman–Crippen LogP) is 1.90.